The predicted molar refractivity (Wildman–Crippen MR) is 89.5 cm³/mol. The molecule has 0 aromatic heterocycles. The molecule has 0 aliphatic rings. The second kappa shape index (κ2) is 8.31. The maximum atomic E-state index is 11.5. The number of esters is 1. The van der Waals surface area contributed by atoms with Crippen LogP contribution in [0.1, 0.15) is 12.5 Å². The van der Waals surface area contributed by atoms with Crippen molar-refractivity contribution >= 4 is 12.1 Å². The number of benzene rings is 2. The average Bonchev–Trinajstić information content (AvgIpc) is 2.62. The van der Waals surface area contributed by atoms with Crippen LogP contribution in [0.15, 0.2) is 60.7 Å². The van der Waals surface area contributed by atoms with Crippen LogP contribution < -0.4 is 4.74 Å². The Balaban J connectivity index is 1.89. The van der Waals surface area contributed by atoms with Gasteiger partial charge in [-0.25, -0.2) is 9.59 Å². The van der Waals surface area contributed by atoms with Crippen LogP contribution in [0.25, 0.3) is 11.1 Å². The van der Waals surface area contributed by atoms with E-state index in [2.05, 4.69) is 22.1 Å². The summed E-state index contributed by atoms with van der Waals surface area (Å²) in [6.45, 7) is 4.34. The molecule has 0 bridgehead atoms. The van der Waals surface area contributed by atoms with E-state index >= 15 is 0 Å². The number of ether oxygens (including phenoxy) is 3. The molecule has 2 rings (SSSR count). The van der Waals surface area contributed by atoms with E-state index in [0.717, 1.165) is 11.1 Å². The van der Waals surface area contributed by atoms with Crippen LogP contribution in [-0.4, -0.2) is 18.9 Å². The Bertz CT molecular complexity index is 816. The lowest BCUT2D eigenvalue weighted by atomic mass is 10.0. The summed E-state index contributed by atoms with van der Waals surface area (Å²) in [6, 6.07) is 15.9. The van der Waals surface area contributed by atoms with E-state index in [-0.39, 0.29) is 11.3 Å². The molecular weight excluding hydrogens is 322 g/mol. The molecule has 0 aliphatic heterocycles. The Kier molecular flexibility index (Phi) is 5.91. The number of carbonyl (C=O) groups is 2. The largest absolute Gasteiger partial charge is 0.516 e. The normalized spacial score (nSPS) is 9.60. The second-order valence-electron chi connectivity index (χ2n) is 5.04. The Morgan fingerprint density at radius 1 is 1.00 bits per heavy atom. The Hall–Kier alpha value is -3.59. The molecule has 126 valence electrons. The first kappa shape index (κ1) is 17.8. The zero-order valence-corrected chi connectivity index (χ0v) is 13.5. The third-order valence-electron chi connectivity index (χ3n) is 3.12. The monoisotopic (exact) mass is 337 g/mol. The molecule has 25 heavy (non-hydrogen) atoms. The maximum absolute atomic E-state index is 11.5. The first-order valence-corrected chi connectivity index (χ1v) is 7.27. The zero-order valence-electron chi connectivity index (χ0n) is 13.5. The van der Waals surface area contributed by atoms with Gasteiger partial charge in [0.2, 0.25) is 6.79 Å². The van der Waals surface area contributed by atoms with E-state index in [0.29, 0.717) is 5.56 Å². The summed E-state index contributed by atoms with van der Waals surface area (Å²) in [6.07, 6.45) is -0.986. The van der Waals surface area contributed by atoms with Crippen molar-refractivity contribution in [3.05, 3.63) is 66.2 Å². The van der Waals surface area contributed by atoms with E-state index in [1.165, 1.54) is 6.92 Å². The molecule has 2 aromatic rings. The standard InChI is InChI=1S/C19H15NO5/c1-13(2)18(21)23-12-24-19(22)25-17-9-7-16(8-10-17)15-5-3-14(11-20)4-6-15/h3-10H,1,12H2,2H3. The van der Waals surface area contributed by atoms with Gasteiger partial charge in [-0.05, 0) is 42.3 Å². The van der Waals surface area contributed by atoms with Gasteiger partial charge in [0.25, 0.3) is 0 Å². The lowest BCUT2D eigenvalue weighted by Crippen LogP contribution is -2.15. The van der Waals surface area contributed by atoms with Crippen LogP contribution in [0.5, 0.6) is 5.75 Å². The van der Waals surface area contributed by atoms with Gasteiger partial charge in [0, 0.05) is 5.57 Å². The fourth-order valence-electron chi connectivity index (χ4n) is 1.83. The molecule has 6 heteroatoms. The fraction of sp³-hybridized carbons (Fsp3) is 0.105. The maximum Gasteiger partial charge on any atom is 0.516 e. The molecule has 0 atom stereocenters. The van der Waals surface area contributed by atoms with Crippen molar-refractivity contribution in [3.8, 4) is 22.9 Å². The highest BCUT2D eigenvalue weighted by Gasteiger charge is 2.09. The number of hydrogen-bond donors (Lipinski definition) is 0. The summed E-state index contributed by atoms with van der Waals surface area (Å²) in [5, 5.41) is 8.80. The smallest absolute Gasteiger partial charge is 0.424 e. The zero-order chi connectivity index (χ0) is 18.2. The highest BCUT2D eigenvalue weighted by atomic mass is 16.8. The van der Waals surface area contributed by atoms with Crippen LogP contribution >= 0.6 is 0 Å². The molecule has 0 amide bonds. The van der Waals surface area contributed by atoms with E-state index in [9.17, 15) is 9.59 Å². The number of rotatable bonds is 5. The summed E-state index contributed by atoms with van der Waals surface area (Å²) >= 11 is 0. The van der Waals surface area contributed by atoms with E-state index in [1.807, 2.05) is 12.1 Å². The molecule has 0 heterocycles. The quantitative estimate of drug-likeness (QED) is 0.357. The third kappa shape index (κ3) is 5.22. The first-order valence-electron chi connectivity index (χ1n) is 7.27. The van der Waals surface area contributed by atoms with Gasteiger partial charge in [-0.1, -0.05) is 30.8 Å². The fourth-order valence-corrected chi connectivity index (χ4v) is 1.83. The highest BCUT2D eigenvalue weighted by Crippen LogP contribution is 2.23. The van der Waals surface area contributed by atoms with Crippen molar-refractivity contribution < 1.29 is 23.8 Å². The highest BCUT2D eigenvalue weighted by molar-refractivity contribution is 5.86. The van der Waals surface area contributed by atoms with Gasteiger partial charge >= 0.3 is 12.1 Å². The van der Waals surface area contributed by atoms with Gasteiger partial charge in [-0.2, -0.15) is 5.26 Å². The van der Waals surface area contributed by atoms with Gasteiger partial charge < -0.3 is 14.2 Å². The summed E-state index contributed by atoms with van der Waals surface area (Å²) in [5.41, 5.74) is 2.62. The van der Waals surface area contributed by atoms with E-state index in [4.69, 9.17) is 10.00 Å². The van der Waals surface area contributed by atoms with Crippen LogP contribution in [0.2, 0.25) is 0 Å². The minimum absolute atomic E-state index is 0.204. The number of carbonyl (C=O) groups excluding carboxylic acids is 2. The lowest BCUT2D eigenvalue weighted by molar-refractivity contribution is -0.147. The summed E-state index contributed by atoms with van der Waals surface area (Å²) in [5.74, 6) is -0.367. The van der Waals surface area contributed by atoms with Crippen molar-refractivity contribution in [1.82, 2.24) is 0 Å². The molecule has 0 unspecified atom stereocenters. The minimum atomic E-state index is -0.986. The van der Waals surface area contributed by atoms with Gasteiger partial charge in [-0.15, -0.1) is 0 Å². The Morgan fingerprint density at radius 3 is 2.08 bits per heavy atom. The molecular formula is C19H15NO5. The van der Waals surface area contributed by atoms with Crippen LogP contribution in [0.3, 0.4) is 0 Å². The predicted octanol–water partition coefficient (Wildman–Crippen LogP) is 3.82. The first-order chi connectivity index (χ1) is 12.0. The number of nitriles is 1. The third-order valence-corrected chi connectivity index (χ3v) is 3.12. The van der Waals surface area contributed by atoms with Gasteiger partial charge in [-0.3, -0.25) is 0 Å². The molecule has 0 saturated carbocycles. The number of nitrogens with zero attached hydrogens (tertiary/aromatic N) is 1. The Labute approximate surface area is 144 Å². The van der Waals surface area contributed by atoms with Crippen molar-refractivity contribution in [3.63, 3.8) is 0 Å². The minimum Gasteiger partial charge on any atom is -0.424 e. The van der Waals surface area contributed by atoms with Gasteiger partial charge in [0.15, 0.2) is 0 Å². The molecule has 0 N–H and O–H groups in total. The van der Waals surface area contributed by atoms with Crippen LogP contribution in [0.4, 0.5) is 4.79 Å². The van der Waals surface area contributed by atoms with Gasteiger partial charge in [0.05, 0.1) is 11.6 Å². The SMILES string of the molecule is C=C(C)C(=O)OCOC(=O)Oc1ccc(-c2ccc(C#N)cc2)cc1. The molecule has 0 saturated heterocycles. The van der Waals surface area contributed by atoms with E-state index in [1.54, 1.807) is 36.4 Å². The summed E-state index contributed by atoms with van der Waals surface area (Å²) < 4.78 is 14.2. The van der Waals surface area contributed by atoms with Crippen molar-refractivity contribution in [2.75, 3.05) is 6.79 Å². The summed E-state index contributed by atoms with van der Waals surface area (Å²) in [4.78, 5) is 22.6. The van der Waals surface area contributed by atoms with Crippen LogP contribution in [-0.2, 0) is 14.3 Å². The molecule has 0 spiro atoms. The molecule has 0 fully saturated rings. The van der Waals surface area contributed by atoms with Gasteiger partial charge in [0.1, 0.15) is 5.75 Å². The van der Waals surface area contributed by atoms with E-state index < -0.39 is 18.9 Å². The topological polar surface area (TPSA) is 85.6 Å². The van der Waals surface area contributed by atoms with Crippen molar-refractivity contribution in [2.24, 2.45) is 0 Å². The molecule has 0 aliphatic carbocycles. The lowest BCUT2D eigenvalue weighted by Gasteiger charge is -2.07. The van der Waals surface area contributed by atoms with Crippen molar-refractivity contribution in [2.45, 2.75) is 6.92 Å². The van der Waals surface area contributed by atoms with Crippen LogP contribution in [0, 0.1) is 11.3 Å². The number of hydrogen-bond acceptors (Lipinski definition) is 6. The summed E-state index contributed by atoms with van der Waals surface area (Å²) in [7, 11) is 0. The average molecular weight is 337 g/mol. The van der Waals surface area contributed by atoms with Crippen molar-refractivity contribution in [1.29, 1.82) is 5.26 Å². The Morgan fingerprint density at radius 2 is 1.56 bits per heavy atom. The molecule has 6 nitrogen and oxygen atoms in total. The molecule has 2 aromatic carbocycles. The molecule has 0 radical (unpaired) electrons. The second-order valence-corrected chi connectivity index (χ2v) is 5.04.